The third-order valence-corrected chi connectivity index (χ3v) is 4.82. The van der Waals surface area contributed by atoms with E-state index in [-0.39, 0.29) is 11.7 Å². The summed E-state index contributed by atoms with van der Waals surface area (Å²) in [7, 11) is 0. The van der Waals surface area contributed by atoms with E-state index in [4.69, 9.17) is 5.26 Å². The summed E-state index contributed by atoms with van der Waals surface area (Å²) < 4.78 is 1.99. The Morgan fingerprint density at radius 3 is 2.69 bits per heavy atom. The summed E-state index contributed by atoms with van der Waals surface area (Å²) in [4.78, 5) is 16.6. The van der Waals surface area contributed by atoms with E-state index in [2.05, 4.69) is 48.4 Å². The van der Waals surface area contributed by atoms with Gasteiger partial charge in [0.15, 0.2) is 5.16 Å². The number of aryl methyl sites for hydroxylation is 2. The molecule has 1 aromatic heterocycles. The highest BCUT2D eigenvalue weighted by atomic mass is 32.2. The molecule has 26 heavy (non-hydrogen) atoms. The highest BCUT2D eigenvalue weighted by Crippen LogP contribution is 2.23. The number of nitrogens with zero attached hydrogens (tertiary/aromatic N) is 3. The number of hydrogen-bond acceptors (Lipinski definition) is 4. The SMILES string of the molecule is Cc1ccc(-n2ccnc2SCC(=O)Nc2ccc(C#N)cc2)c(C)c1. The van der Waals surface area contributed by atoms with E-state index in [9.17, 15) is 4.79 Å². The molecule has 0 radical (unpaired) electrons. The number of amides is 1. The average Bonchev–Trinajstić information content (AvgIpc) is 3.09. The van der Waals surface area contributed by atoms with E-state index in [0.29, 0.717) is 11.3 Å². The zero-order valence-corrected chi connectivity index (χ0v) is 15.4. The molecule has 0 aliphatic heterocycles. The molecule has 1 N–H and O–H groups in total. The van der Waals surface area contributed by atoms with Crippen molar-refractivity contribution in [1.29, 1.82) is 5.26 Å². The molecule has 2 aromatic carbocycles. The Bertz CT molecular complexity index is 970. The van der Waals surface area contributed by atoms with Gasteiger partial charge in [0.25, 0.3) is 0 Å². The van der Waals surface area contributed by atoms with Crippen LogP contribution in [0.3, 0.4) is 0 Å². The Kier molecular flexibility index (Phi) is 5.40. The van der Waals surface area contributed by atoms with Crippen molar-refractivity contribution in [2.45, 2.75) is 19.0 Å². The Labute approximate surface area is 156 Å². The lowest BCUT2D eigenvalue weighted by Crippen LogP contribution is -2.14. The molecule has 130 valence electrons. The number of rotatable bonds is 5. The van der Waals surface area contributed by atoms with Gasteiger partial charge in [0.1, 0.15) is 0 Å². The predicted molar refractivity (Wildman–Crippen MR) is 104 cm³/mol. The first kappa shape index (κ1) is 17.8. The maximum Gasteiger partial charge on any atom is 0.234 e. The molecule has 3 aromatic rings. The number of carbonyl (C=O) groups is 1. The Balaban J connectivity index is 1.66. The highest BCUT2D eigenvalue weighted by Gasteiger charge is 2.11. The number of carbonyl (C=O) groups excluding carboxylic acids is 1. The van der Waals surface area contributed by atoms with E-state index >= 15 is 0 Å². The van der Waals surface area contributed by atoms with Crippen molar-refractivity contribution in [2.24, 2.45) is 0 Å². The van der Waals surface area contributed by atoms with E-state index in [1.54, 1.807) is 30.5 Å². The van der Waals surface area contributed by atoms with Crippen LogP contribution in [0, 0.1) is 25.2 Å². The van der Waals surface area contributed by atoms with Crippen molar-refractivity contribution >= 4 is 23.4 Å². The van der Waals surface area contributed by atoms with Crippen LogP contribution in [-0.4, -0.2) is 21.2 Å². The van der Waals surface area contributed by atoms with Crippen molar-refractivity contribution in [3.05, 3.63) is 71.5 Å². The van der Waals surface area contributed by atoms with Crippen molar-refractivity contribution in [1.82, 2.24) is 9.55 Å². The summed E-state index contributed by atoms with van der Waals surface area (Å²) in [6.45, 7) is 4.13. The number of hydrogen-bond donors (Lipinski definition) is 1. The van der Waals surface area contributed by atoms with Crippen LogP contribution < -0.4 is 5.32 Å². The molecular formula is C20H18N4OS. The molecule has 0 saturated carbocycles. The van der Waals surface area contributed by atoms with Crippen molar-refractivity contribution < 1.29 is 4.79 Å². The van der Waals surface area contributed by atoms with Gasteiger partial charge in [-0.25, -0.2) is 4.98 Å². The summed E-state index contributed by atoms with van der Waals surface area (Å²) in [5, 5.41) is 12.4. The lowest BCUT2D eigenvalue weighted by atomic mass is 10.1. The maximum absolute atomic E-state index is 12.2. The first-order valence-electron chi connectivity index (χ1n) is 8.10. The molecule has 0 unspecified atom stereocenters. The first-order valence-corrected chi connectivity index (χ1v) is 9.09. The molecule has 0 aliphatic carbocycles. The van der Waals surface area contributed by atoms with Crippen LogP contribution in [0.1, 0.15) is 16.7 Å². The molecule has 0 spiro atoms. The Morgan fingerprint density at radius 2 is 2.00 bits per heavy atom. The molecule has 3 rings (SSSR count). The lowest BCUT2D eigenvalue weighted by Gasteiger charge is -2.11. The van der Waals surface area contributed by atoms with Gasteiger partial charge in [-0.1, -0.05) is 29.5 Å². The van der Waals surface area contributed by atoms with Crippen LogP contribution in [0.25, 0.3) is 5.69 Å². The normalized spacial score (nSPS) is 10.3. The molecule has 6 heteroatoms. The second-order valence-corrected chi connectivity index (χ2v) is 6.84. The number of nitrogens with one attached hydrogen (secondary N) is 1. The lowest BCUT2D eigenvalue weighted by molar-refractivity contribution is -0.113. The summed E-state index contributed by atoms with van der Waals surface area (Å²) in [5.41, 5.74) is 4.66. The Morgan fingerprint density at radius 1 is 1.23 bits per heavy atom. The number of thioether (sulfide) groups is 1. The molecule has 0 fully saturated rings. The zero-order chi connectivity index (χ0) is 18.5. The molecule has 0 aliphatic rings. The summed E-state index contributed by atoms with van der Waals surface area (Å²) in [5.74, 6) is 0.136. The van der Waals surface area contributed by atoms with Gasteiger partial charge in [-0.2, -0.15) is 5.26 Å². The predicted octanol–water partition coefficient (Wildman–Crippen LogP) is 4.09. The van der Waals surface area contributed by atoms with Crippen LogP contribution >= 0.6 is 11.8 Å². The van der Waals surface area contributed by atoms with Gasteiger partial charge in [0.05, 0.1) is 23.1 Å². The number of nitriles is 1. The summed E-state index contributed by atoms with van der Waals surface area (Å²) in [6, 6.07) is 15.1. The van der Waals surface area contributed by atoms with Gasteiger partial charge in [0, 0.05) is 18.1 Å². The molecular weight excluding hydrogens is 344 g/mol. The fourth-order valence-electron chi connectivity index (χ4n) is 2.61. The minimum Gasteiger partial charge on any atom is -0.325 e. The fourth-order valence-corrected chi connectivity index (χ4v) is 3.38. The number of aromatic nitrogens is 2. The molecule has 0 saturated heterocycles. The topological polar surface area (TPSA) is 70.7 Å². The Hall–Kier alpha value is -3.04. The molecule has 1 amide bonds. The largest absolute Gasteiger partial charge is 0.325 e. The minimum absolute atomic E-state index is 0.116. The molecule has 0 atom stereocenters. The van der Waals surface area contributed by atoms with Crippen LogP contribution in [0.4, 0.5) is 5.69 Å². The zero-order valence-electron chi connectivity index (χ0n) is 14.6. The summed E-state index contributed by atoms with van der Waals surface area (Å²) in [6.07, 6.45) is 3.64. The van der Waals surface area contributed by atoms with Gasteiger partial charge in [-0.3, -0.25) is 9.36 Å². The van der Waals surface area contributed by atoms with Gasteiger partial charge in [0.2, 0.25) is 5.91 Å². The molecule has 5 nitrogen and oxygen atoms in total. The average molecular weight is 362 g/mol. The van der Waals surface area contributed by atoms with E-state index < -0.39 is 0 Å². The van der Waals surface area contributed by atoms with Crippen LogP contribution in [0.15, 0.2) is 60.0 Å². The van der Waals surface area contributed by atoms with Crippen molar-refractivity contribution in [3.8, 4) is 11.8 Å². The van der Waals surface area contributed by atoms with E-state index in [1.165, 1.54) is 17.3 Å². The van der Waals surface area contributed by atoms with Crippen molar-refractivity contribution in [3.63, 3.8) is 0 Å². The van der Waals surface area contributed by atoms with Gasteiger partial charge in [-0.15, -0.1) is 0 Å². The maximum atomic E-state index is 12.2. The van der Waals surface area contributed by atoms with Gasteiger partial charge >= 0.3 is 0 Å². The summed E-state index contributed by atoms with van der Waals surface area (Å²) >= 11 is 1.38. The van der Waals surface area contributed by atoms with Crippen LogP contribution in [0.2, 0.25) is 0 Å². The standard InChI is InChI=1S/C20H18N4OS/c1-14-3-8-18(15(2)11-14)24-10-9-22-20(24)26-13-19(25)23-17-6-4-16(12-21)5-7-17/h3-11H,13H2,1-2H3,(H,23,25). The van der Waals surface area contributed by atoms with E-state index in [1.807, 2.05) is 10.8 Å². The van der Waals surface area contributed by atoms with Gasteiger partial charge in [-0.05, 0) is 49.7 Å². The molecule has 1 heterocycles. The van der Waals surface area contributed by atoms with Crippen LogP contribution in [0.5, 0.6) is 0 Å². The number of imidazole rings is 1. The van der Waals surface area contributed by atoms with Gasteiger partial charge < -0.3 is 5.32 Å². The number of benzene rings is 2. The monoisotopic (exact) mass is 362 g/mol. The fraction of sp³-hybridized carbons (Fsp3) is 0.150. The minimum atomic E-state index is -0.116. The van der Waals surface area contributed by atoms with E-state index in [0.717, 1.165) is 16.4 Å². The third kappa shape index (κ3) is 4.13. The quantitative estimate of drug-likeness (QED) is 0.694. The molecule has 0 bridgehead atoms. The second kappa shape index (κ2) is 7.89. The number of anilines is 1. The van der Waals surface area contributed by atoms with Crippen LogP contribution in [-0.2, 0) is 4.79 Å². The van der Waals surface area contributed by atoms with Crippen molar-refractivity contribution in [2.75, 3.05) is 11.1 Å². The highest BCUT2D eigenvalue weighted by molar-refractivity contribution is 7.99. The first-order chi connectivity index (χ1) is 12.6. The third-order valence-electron chi connectivity index (χ3n) is 3.85. The smallest absolute Gasteiger partial charge is 0.234 e. The second-order valence-electron chi connectivity index (χ2n) is 5.90.